The van der Waals surface area contributed by atoms with Crippen LogP contribution in [0.15, 0.2) is 42.5 Å². The number of nitrogens with one attached hydrogen (secondary N) is 1. The second-order valence-corrected chi connectivity index (χ2v) is 11.8. The molecule has 6 rings (SSSR count). The molecule has 2 aromatic rings. The van der Waals surface area contributed by atoms with Gasteiger partial charge >= 0.3 is 0 Å². The van der Waals surface area contributed by atoms with Crippen LogP contribution in [-0.2, 0) is 26.3 Å². The first-order chi connectivity index (χ1) is 19.9. The number of methoxy groups -OCH3 is 1. The molecule has 2 aromatic carbocycles. The molecular formula is C32H40N4O5. The number of para-hydroxylation sites is 1. The van der Waals surface area contributed by atoms with Gasteiger partial charge in [0.1, 0.15) is 5.54 Å². The topological polar surface area (TPSA) is 102 Å². The predicted octanol–water partition coefficient (Wildman–Crippen LogP) is 3.19. The summed E-state index contributed by atoms with van der Waals surface area (Å²) in [5.41, 5.74) is 1.86. The van der Waals surface area contributed by atoms with Crippen molar-refractivity contribution in [1.82, 2.24) is 15.1 Å². The summed E-state index contributed by atoms with van der Waals surface area (Å²) in [5.74, 6) is 0.169. The van der Waals surface area contributed by atoms with E-state index in [1.54, 1.807) is 12.1 Å². The van der Waals surface area contributed by atoms with E-state index in [4.69, 9.17) is 4.74 Å². The van der Waals surface area contributed by atoms with Crippen LogP contribution in [0.4, 0.5) is 5.69 Å². The Balaban J connectivity index is 1.16. The summed E-state index contributed by atoms with van der Waals surface area (Å²) in [5, 5.41) is 13.2. The van der Waals surface area contributed by atoms with Crippen LogP contribution in [0.3, 0.4) is 0 Å². The molecule has 2 bridgehead atoms. The van der Waals surface area contributed by atoms with E-state index < -0.39 is 11.5 Å². The molecule has 3 saturated heterocycles. The maximum atomic E-state index is 14.4. The number of aryl methyl sites for hydroxylation is 1. The normalized spacial score (nSPS) is 26.1. The molecule has 9 nitrogen and oxygen atoms in total. The number of fused-ring (bicyclic) bond motifs is 4. The fourth-order valence-electron chi connectivity index (χ4n) is 7.62. The van der Waals surface area contributed by atoms with Gasteiger partial charge in [-0.3, -0.25) is 19.3 Å². The van der Waals surface area contributed by atoms with Crippen molar-refractivity contribution in [3.63, 3.8) is 0 Å². The van der Waals surface area contributed by atoms with Crippen molar-refractivity contribution in [2.75, 3.05) is 44.7 Å². The highest BCUT2D eigenvalue weighted by atomic mass is 16.5. The quantitative estimate of drug-likeness (QED) is 0.527. The summed E-state index contributed by atoms with van der Waals surface area (Å²) in [6, 6.07) is 13.6. The third-order valence-corrected chi connectivity index (χ3v) is 9.54. The number of hydrogen-bond donors (Lipinski definition) is 2. The van der Waals surface area contributed by atoms with E-state index in [-0.39, 0.29) is 29.5 Å². The number of anilines is 1. The van der Waals surface area contributed by atoms with Crippen molar-refractivity contribution in [3.05, 3.63) is 53.6 Å². The number of carbonyl (C=O) groups is 3. The molecule has 4 aliphatic rings. The van der Waals surface area contributed by atoms with E-state index >= 15 is 0 Å². The number of phenolic OH excluding ortho intramolecular Hbond substituents is 1. The lowest BCUT2D eigenvalue weighted by atomic mass is 9.78. The van der Waals surface area contributed by atoms with Crippen molar-refractivity contribution in [3.8, 4) is 11.5 Å². The van der Waals surface area contributed by atoms with Crippen molar-refractivity contribution < 1.29 is 24.2 Å². The average Bonchev–Trinajstić information content (AvgIpc) is 3.63. The molecule has 3 amide bonds. The molecular weight excluding hydrogens is 520 g/mol. The summed E-state index contributed by atoms with van der Waals surface area (Å²) in [7, 11) is 1.52. The average molecular weight is 561 g/mol. The minimum Gasteiger partial charge on any atom is -0.504 e. The largest absolute Gasteiger partial charge is 0.504 e. The number of carbonyl (C=O) groups excluding carboxylic acids is 3. The summed E-state index contributed by atoms with van der Waals surface area (Å²) >= 11 is 0. The van der Waals surface area contributed by atoms with Crippen LogP contribution in [0.1, 0.15) is 56.1 Å². The van der Waals surface area contributed by atoms with Crippen LogP contribution in [-0.4, -0.2) is 78.5 Å². The van der Waals surface area contributed by atoms with Gasteiger partial charge in [0.05, 0.1) is 13.0 Å². The molecule has 4 heterocycles. The fourth-order valence-corrected chi connectivity index (χ4v) is 7.62. The zero-order valence-electron chi connectivity index (χ0n) is 23.8. The monoisotopic (exact) mass is 560 g/mol. The second-order valence-electron chi connectivity index (χ2n) is 11.8. The zero-order chi connectivity index (χ0) is 28.6. The number of unbranched alkanes of at least 4 members (excludes halogenated alkanes) is 1. The summed E-state index contributed by atoms with van der Waals surface area (Å²) < 4.78 is 5.11. The molecule has 2 N–H and O–H groups in total. The highest BCUT2D eigenvalue weighted by molar-refractivity contribution is 6.11. The van der Waals surface area contributed by atoms with Crippen LogP contribution in [0.2, 0.25) is 0 Å². The van der Waals surface area contributed by atoms with E-state index in [0.717, 1.165) is 55.5 Å². The van der Waals surface area contributed by atoms with Gasteiger partial charge in [0.2, 0.25) is 11.8 Å². The minimum atomic E-state index is -0.953. The van der Waals surface area contributed by atoms with Crippen molar-refractivity contribution in [1.29, 1.82) is 0 Å². The Labute approximate surface area is 241 Å². The van der Waals surface area contributed by atoms with Crippen molar-refractivity contribution >= 4 is 23.4 Å². The number of benzene rings is 2. The number of nitrogens with zero attached hydrogens (tertiary/aromatic N) is 3. The molecule has 41 heavy (non-hydrogen) atoms. The van der Waals surface area contributed by atoms with E-state index in [1.807, 2.05) is 40.1 Å². The standard InChI is InChI=1S/C32H40N4O5/c1-41-28-14-13-22(20-27(28)37)8-2-5-12-29(38)34-16-7-15-33-30(39)25-21-23-9-6-17-36(23)32(25)24-10-3-4-11-26(24)35(19-18-34)31(32)40/h3-4,10-11,13-14,20,23,25,37H,2,5-9,12,15-19,21H2,1H3,(H,33,39)/t23-,25-,32+/m0/s1. The van der Waals surface area contributed by atoms with Crippen LogP contribution in [0, 0.1) is 5.92 Å². The molecule has 0 aromatic heterocycles. The molecule has 4 aliphatic heterocycles. The third-order valence-electron chi connectivity index (χ3n) is 9.54. The van der Waals surface area contributed by atoms with Gasteiger partial charge in [-0.2, -0.15) is 0 Å². The smallest absolute Gasteiger partial charge is 0.253 e. The molecule has 0 radical (unpaired) electrons. The highest BCUT2D eigenvalue weighted by Gasteiger charge is 2.67. The SMILES string of the molecule is COc1ccc(CCCCC(=O)N2CCCNC(=O)[C@@H]3C[C@@H]4CCCN4[C@@]34C(=O)N(CC2)c2ccccc24)cc1O. The van der Waals surface area contributed by atoms with E-state index in [1.165, 1.54) is 7.11 Å². The van der Waals surface area contributed by atoms with Crippen LogP contribution < -0.4 is 15.0 Å². The third kappa shape index (κ3) is 4.74. The van der Waals surface area contributed by atoms with Gasteiger partial charge in [-0.15, -0.1) is 0 Å². The Morgan fingerprint density at radius 1 is 1.07 bits per heavy atom. The van der Waals surface area contributed by atoms with Crippen molar-refractivity contribution in [2.45, 2.75) is 62.9 Å². The lowest BCUT2D eigenvalue weighted by Gasteiger charge is -2.38. The second kappa shape index (κ2) is 11.4. The summed E-state index contributed by atoms with van der Waals surface area (Å²) in [6.07, 6.45) is 6.17. The van der Waals surface area contributed by atoms with Gasteiger partial charge in [0, 0.05) is 49.9 Å². The molecule has 3 atom stereocenters. The molecule has 1 spiro atoms. The Bertz CT molecular complexity index is 1330. The number of amides is 3. The van der Waals surface area contributed by atoms with Crippen molar-refractivity contribution in [2.24, 2.45) is 5.92 Å². The molecule has 9 heteroatoms. The molecule has 3 fully saturated rings. The number of hydrogen-bond acceptors (Lipinski definition) is 6. The van der Waals surface area contributed by atoms with Crippen LogP contribution >= 0.6 is 0 Å². The first-order valence-electron chi connectivity index (χ1n) is 15.0. The Kier molecular flexibility index (Phi) is 7.64. The lowest BCUT2D eigenvalue weighted by molar-refractivity contribution is -0.139. The zero-order valence-corrected chi connectivity index (χ0v) is 23.8. The van der Waals surface area contributed by atoms with Crippen LogP contribution in [0.25, 0.3) is 0 Å². The Morgan fingerprint density at radius 3 is 2.76 bits per heavy atom. The molecule has 0 saturated carbocycles. The minimum absolute atomic E-state index is 0.0148. The van der Waals surface area contributed by atoms with Gasteiger partial charge < -0.3 is 25.0 Å². The highest BCUT2D eigenvalue weighted by Crippen LogP contribution is 2.57. The number of ether oxygens (including phenoxy) is 1. The van der Waals surface area contributed by atoms with Gasteiger partial charge in [-0.05, 0) is 75.3 Å². The van der Waals surface area contributed by atoms with Gasteiger partial charge in [0.25, 0.3) is 5.91 Å². The maximum Gasteiger partial charge on any atom is 0.253 e. The number of rotatable bonds is 6. The van der Waals surface area contributed by atoms with E-state index in [9.17, 15) is 19.5 Å². The predicted molar refractivity (Wildman–Crippen MR) is 155 cm³/mol. The summed E-state index contributed by atoms with van der Waals surface area (Å²) in [6.45, 7) is 2.73. The van der Waals surface area contributed by atoms with E-state index in [2.05, 4.69) is 10.2 Å². The van der Waals surface area contributed by atoms with Gasteiger partial charge in [0.15, 0.2) is 11.5 Å². The molecule has 0 unspecified atom stereocenters. The maximum absolute atomic E-state index is 14.4. The molecule has 0 aliphatic carbocycles. The van der Waals surface area contributed by atoms with E-state index in [0.29, 0.717) is 51.2 Å². The Morgan fingerprint density at radius 2 is 1.93 bits per heavy atom. The Hall–Kier alpha value is -3.59. The summed E-state index contributed by atoms with van der Waals surface area (Å²) in [4.78, 5) is 47.4. The van der Waals surface area contributed by atoms with Gasteiger partial charge in [-0.1, -0.05) is 24.3 Å². The first kappa shape index (κ1) is 27.6. The number of phenols is 1. The first-order valence-corrected chi connectivity index (χ1v) is 15.0. The lowest BCUT2D eigenvalue weighted by Crippen LogP contribution is -2.57. The number of aromatic hydroxyl groups is 1. The molecule has 218 valence electrons. The van der Waals surface area contributed by atoms with Crippen LogP contribution in [0.5, 0.6) is 11.5 Å². The van der Waals surface area contributed by atoms with Gasteiger partial charge in [-0.25, -0.2) is 0 Å². The fraction of sp³-hybridized carbons (Fsp3) is 0.531.